The number of benzene rings is 1. The van der Waals surface area contributed by atoms with Crippen LogP contribution in [-0.4, -0.2) is 44.2 Å². The molecule has 0 radical (unpaired) electrons. The molecular formula is C18H29N3. The van der Waals surface area contributed by atoms with Gasteiger partial charge in [0, 0.05) is 44.5 Å². The van der Waals surface area contributed by atoms with Gasteiger partial charge in [0.1, 0.15) is 0 Å². The maximum atomic E-state index is 3.80. The Kier molecular flexibility index (Phi) is 4.51. The van der Waals surface area contributed by atoms with E-state index in [4.69, 9.17) is 0 Å². The maximum Gasteiger partial charge on any atom is 0.0361 e. The molecule has 1 aromatic carbocycles. The van der Waals surface area contributed by atoms with Gasteiger partial charge in [-0.1, -0.05) is 18.6 Å². The van der Waals surface area contributed by atoms with Crippen LogP contribution in [0.15, 0.2) is 24.3 Å². The maximum absolute atomic E-state index is 3.80. The molecule has 0 spiro atoms. The quantitative estimate of drug-likeness (QED) is 0.918. The first-order valence-electron chi connectivity index (χ1n) is 8.35. The Labute approximate surface area is 129 Å². The summed E-state index contributed by atoms with van der Waals surface area (Å²) < 4.78 is 0. The van der Waals surface area contributed by atoms with E-state index in [1.165, 1.54) is 43.4 Å². The lowest BCUT2D eigenvalue weighted by Crippen LogP contribution is -2.54. The summed E-state index contributed by atoms with van der Waals surface area (Å²) in [6.45, 7) is 1.00. The first-order valence-corrected chi connectivity index (χ1v) is 8.35. The number of fused-ring (bicyclic) bond motifs is 2. The van der Waals surface area contributed by atoms with Crippen molar-refractivity contribution in [3.63, 3.8) is 0 Å². The van der Waals surface area contributed by atoms with Gasteiger partial charge in [0.15, 0.2) is 0 Å². The zero-order chi connectivity index (χ0) is 14.8. The minimum atomic E-state index is 0.699. The number of hydrogen-bond acceptors (Lipinski definition) is 3. The minimum Gasteiger partial charge on any atom is -0.378 e. The second kappa shape index (κ2) is 6.37. The average Bonchev–Trinajstić information content (AvgIpc) is 2.46. The number of piperidine rings is 2. The lowest BCUT2D eigenvalue weighted by atomic mass is 9.82. The zero-order valence-electron chi connectivity index (χ0n) is 13.7. The van der Waals surface area contributed by atoms with Gasteiger partial charge in [-0.15, -0.1) is 0 Å². The molecule has 3 nitrogen and oxygen atoms in total. The van der Waals surface area contributed by atoms with Crippen molar-refractivity contribution in [3.8, 4) is 0 Å². The average molecular weight is 287 g/mol. The first kappa shape index (κ1) is 14.9. The van der Waals surface area contributed by atoms with Gasteiger partial charge in [0.2, 0.25) is 0 Å². The molecule has 2 unspecified atom stereocenters. The Morgan fingerprint density at radius 1 is 1.10 bits per heavy atom. The third-order valence-electron chi connectivity index (χ3n) is 5.39. The van der Waals surface area contributed by atoms with E-state index in [2.05, 4.69) is 60.5 Å². The Morgan fingerprint density at radius 2 is 1.71 bits per heavy atom. The normalized spacial score (nSPS) is 29.4. The molecule has 21 heavy (non-hydrogen) atoms. The van der Waals surface area contributed by atoms with Crippen LogP contribution in [0, 0.1) is 0 Å². The van der Waals surface area contributed by atoms with Crippen molar-refractivity contribution in [2.75, 3.05) is 26.0 Å². The highest BCUT2D eigenvalue weighted by Gasteiger charge is 2.35. The van der Waals surface area contributed by atoms with E-state index in [1.54, 1.807) is 0 Å². The van der Waals surface area contributed by atoms with Crippen molar-refractivity contribution in [2.45, 2.75) is 56.8 Å². The number of hydrogen-bond donors (Lipinski definition) is 1. The van der Waals surface area contributed by atoms with E-state index in [9.17, 15) is 0 Å². The summed E-state index contributed by atoms with van der Waals surface area (Å²) in [4.78, 5) is 4.78. The summed E-state index contributed by atoms with van der Waals surface area (Å²) in [6.07, 6.45) is 6.86. The van der Waals surface area contributed by atoms with Gasteiger partial charge >= 0.3 is 0 Å². The van der Waals surface area contributed by atoms with Crippen LogP contribution in [0.1, 0.15) is 37.7 Å². The zero-order valence-corrected chi connectivity index (χ0v) is 13.7. The monoisotopic (exact) mass is 287 g/mol. The Balaban J connectivity index is 1.53. The first-order chi connectivity index (χ1) is 10.1. The lowest BCUT2D eigenvalue weighted by molar-refractivity contribution is 0.0482. The fourth-order valence-electron chi connectivity index (χ4n) is 3.96. The van der Waals surface area contributed by atoms with Crippen LogP contribution in [0.4, 0.5) is 5.69 Å². The summed E-state index contributed by atoms with van der Waals surface area (Å²) >= 11 is 0. The van der Waals surface area contributed by atoms with E-state index in [1.807, 2.05) is 0 Å². The van der Waals surface area contributed by atoms with E-state index in [0.717, 1.165) is 18.6 Å². The smallest absolute Gasteiger partial charge is 0.0361 e. The second-order valence-electron chi connectivity index (χ2n) is 7.01. The predicted molar refractivity (Wildman–Crippen MR) is 89.8 cm³/mol. The molecule has 3 heteroatoms. The Hall–Kier alpha value is -1.06. The molecule has 1 N–H and O–H groups in total. The molecule has 0 aliphatic carbocycles. The summed E-state index contributed by atoms with van der Waals surface area (Å²) in [5, 5.41) is 3.80. The van der Waals surface area contributed by atoms with Gasteiger partial charge in [0.05, 0.1) is 0 Å². The topological polar surface area (TPSA) is 18.5 Å². The van der Waals surface area contributed by atoms with Crippen LogP contribution in [0.2, 0.25) is 0 Å². The molecule has 2 saturated heterocycles. The molecular weight excluding hydrogens is 258 g/mol. The van der Waals surface area contributed by atoms with Crippen LogP contribution in [0.5, 0.6) is 0 Å². The van der Waals surface area contributed by atoms with Crippen LogP contribution in [0.25, 0.3) is 0 Å². The van der Waals surface area contributed by atoms with Gasteiger partial charge in [-0.3, -0.25) is 0 Å². The minimum absolute atomic E-state index is 0.699. The molecule has 2 aliphatic heterocycles. The lowest BCUT2D eigenvalue weighted by Gasteiger charge is -2.47. The fourth-order valence-corrected chi connectivity index (χ4v) is 3.96. The summed E-state index contributed by atoms with van der Waals surface area (Å²) in [5.41, 5.74) is 2.66. The SMILES string of the molecule is CN(C)c1ccc(CNC2CC3CCCC(C2)N3C)cc1. The van der Waals surface area contributed by atoms with Crippen LogP contribution >= 0.6 is 0 Å². The standard InChI is InChI=1S/C18H29N3/c1-20(2)16-9-7-14(8-10-16)13-19-15-11-17-5-4-6-18(12-15)21(17)3/h7-10,15,17-19H,4-6,11-13H2,1-3H3. The van der Waals surface area contributed by atoms with Crippen molar-refractivity contribution >= 4 is 5.69 Å². The molecule has 2 heterocycles. The molecule has 1 aromatic rings. The van der Waals surface area contributed by atoms with Gasteiger partial charge in [-0.2, -0.15) is 0 Å². The van der Waals surface area contributed by atoms with Crippen molar-refractivity contribution in [1.29, 1.82) is 0 Å². The molecule has 2 bridgehead atoms. The third-order valence-corrected chi connectivity index (χ3v) is 5.39. The molecule has 2 aliphatic rings. The molecule has 0 saturated carbocycles. The molecule has 0 aromatic heterocycles. The molecule has 0 amide bonds. The van der Waals surface area contributed by atoms with Gasteiger partial charge in [0.25, 0.3) is 0 Å². The van der Waals surface area contributed by atoms with Crippen LogP contribution in [-0.2, 0) is 6.54 Å². The van der Waals surface area contributed by atoms with Crippen LogP contribution in [0.3, 0.4) is 0 Å². The highest BCUT2D eigenvalue weighted by molar-refractivity contribution is 5.45. The Morgan fingerprint density at radius 3 is 2.29 bits per heavy atom. The van der Waals surface area contributed by atoms with E-state index >= 15 is 0 Å². The number of anilines is 1. The summed E-state index contributed by atoms with van der Waals surface area (Å²) in [5.74, 6) is 0. The van der Waals surface area contributed by atoms with Gasteiger partial charge in [-0.05, 0) is 50.4 Å². The summed E-state index contributed by atoms with van der Waals surface area (Å²) in [6, 6.07) is 11.2. The van der Waals surface area contributed by atoms with E-state index in [0.29, 0.717) is 6.04 Å². The highest BCUT2D eigenvalue weighted by atomic mass is 15.2. The molecule has 3 rings (SSSR count). The number of rotatable bonds is 4. The third kappa shape index (κ3) is 3.41. The number of nitrogens with one attached hydrogen (secondary N) is 1. The molecule has 116 valence electrons. The summed E-state index contributed by atoms with van der Waals surface area (Å²) in [7, 11) is 6.50. The number of nitrogens with zero attached hydrogens (tertiary/aromatic N) is 2. The highest BCUT2D eigenvalue weighted by Crippen LogP contribution is 2.32. The van der Waals surface area contributed by atoms with E-state index in [-0.39, 0.29) is 0 Å². The van der Waals surface area contributed by atoms with Crippen molar-refractivity contribution in [2.24, 2.45) is 0 Å². The van der Waals surface area contributed by atoms with Gasteiger partial charge < -0.3 is 15.1 Å². The molecule has 2 fully saturated rings. The van der Waals surface area contributed by atoms with Crippen molar-refractivity contribution in [3.05, 3.63) is 29.8 Å². The van der Waals surface area contributed by atoms with Crippen LogP contribution < -0.4 is 10.2 Å². The second-order valence-corrected chi connectivity index (χ2v) is 7.01. The van der Waals surface area contributed by atoms with Crippen molar-refractivity contribution in [1.82, 2.24) is 10.2 Å². The predicted octanol–water partition coefficient (Wildman–Crippen LogP) is 2.86. The Bertz CT molecular complexity index is 440. The molecule has 2 atom stereocenters. The fraction of sp³-hybridized carbons (Fsp3) is 0.667. The van der Waals surface area contributed by atoms with E-state index < -0.39 is 0 Å². The largest absolute Gasteiger partial charge is 0.378 e. The van der Waals surface area contributed by atoms with Crippen molar-refractivity contribution < 1.29 is 0 Å². The van der Waals surface area contributed by atoms with Gasteiger partial charge in [-0.25, -0.2) is 0 Å².